The number of benzene rings is 1. The van der Waals surface area contributed by atoms with Crippen LogP contribution in [-0.2, 0) is 10.2 Å². The molecule has 3 rings (SSSR count). The molecular weight excluding hydrogens is 383 g/mol. The summed E-state index contributed by atoms with van der Waals surface area (Å²) in [6.07, 6.45) is -4.68. The highest BCUT2D eigenvalue weighted by Gasteiger charge is 2.31. The van der Waals surface area contributed by atoms with Crippen LogP contribution in [0.15, 0.2) is 28.8 Å². The molecule has 1 aliphatic heterocycles. The summed E-state index contributed by atoms with van der Waals surface area (Å²) >= 11 is 0. The number of hydrogen-bond acceptors (Lipinski definition) is 4. The van der Waals surface area contributed by atoms with Crippen molar-refractivity contribution in [2.24, 2.45) is 0 Å². The maximum absolute atomic E-state index is 12.3. The molecule has 2 heterocycles. The zero-order valence-corrected chi connectivity index (χ0v) is 16.9. The van der Waals surface area contributed by atoms with E-state index in [1.165, 1.54) is 10.5 Å². The number of likely N-dealkylation sites (tertiary alicyclic amines) is 1. The lowest BCUT2D eigenvalue weighted by Gasteiger charge is -2.30. The first-order valence-corrected chi connectivity index (χ1v) is 9.82. The molecule has 1 aromatic carbocycles. The maximum Gasteiger partial charge on any atom is 0.389 e. The lowest BCUT2D eigenvalue weighted by Crippen LogP contribution is -2.38. The Labute approximate surface area is 168 Å². The summed E-state index contributed by atoms with van der Waals surface area (Å²) in [5, 5.41) is 4.07. The normalized spacial score (nSPS) is 16.3. The highest BCUT2D eigenvalue weighted by molar-refractivity contribution is 5.76. The molecular formula is C21H26F3N3O2. The van der Waals surface area contributed by atoms with Crippen molar-refractivity contribution in [3.63, 3.8) is 0 Å². The molecule has 1 aliphatic rings. The molecule has 0 saturated carbocycles. The lowest BCUT2D eigenvalue weighted by molar-refractivity contribution is -0.149. The first-order valence-electron chi connectivity index (χ1n) is 9.82. The fourth-order valence-corrected chi connectivity index (χ4v) is 3.42. The Bertz CT molecular complexity index is 830. The van der Waals surface area contributed by atoms with Crippen LogP contribution < -0.4 is 0 Å². The minimum absolute atomic E-state index is 0.0109. The number of carbonyl (C=O) groups excluding carboxylic acids is 1. The Morgan fingerprint density at radius 3 is 2.31 bits per heavy atom. The summed E-state index contributed by atoms with van der Waals surface area (Å²) in [6.45, 7) is 7.25. The summed E-state index contributed by atoms with van der Waals surface area (Å²) in [6, 6.07) is 8.04. The minimum Gasteiger partial charge on any atom is -0.343 e. The third-order valence-corrected chi connectivity index (χ3v) is 5.27. The number of nitrogens with zero attached hydrogens (tertiary/aromatic N) is 3. The lowest BCUT2D eigenvalue weighted by atomic mass is 9.87. The van der Waals surface area contributed by atoms with Crippen molar-refractivity contribution in [3.8, 4) is 11.4 Å². The van der Waals surface area contributed by atoms with Gasteiger partial charge in [-0.1, -0.05) is 50.2 Å². The van der Waals surface area contributed by atoms with Gasteiger partial charge in [0.15, 0.2) is 0 Å². The maximum atomic E-state index is 12.3. The summed E-state index contributed by atoms with van der Waals surface area (Å²) in [5.41, 5.74) is 2.15. The Kier molecular flexibility index (Phi) is 6.00. The van der Waals surface area contributed by atoms with Crippen LogP contribution in [0.3, 0.4) is 0 Å². The number of amides is 1. The highest BCUT2D eigenvalue weighted by Crippen LogP contribution is 2.30. The molecule has 0 N–H and O–H groups in total. The molecule has 2 aromatic rings. The average Bonchev–Trinajstić information content (AvgIpc) is 3.15. The Morgan fingerprint density at radius 2 is 1.76 bits per heavy atom. The number of rotatable bonds is 4. The highest BCUT2D eigenvalue weighted by atomic mass is 19.4. The first-order chi connectivity index (χ1) is 13.5. The second-order valence-corrected chi connectivity index (χ2v) is 8.55. The van der Waals surface area contributed by atoms with Gasteiger partial charge in [0.2, 0.25) is 17.6 Å². The Hall–Kier alpha value is -2.38. The predicted octanol–water partition coefficient (Wildman–Crippen LogP) is 5.08. The molecule has 1 amide bonds. The molecule has 0 aliphatic carbocycles. The van der Waals surface area contributed by atoms with Crippen LogP contribution in [0.25, 0.3) is 11.4 Å². The number of alkyl halides is 3. The predicted molar refractivity (Wildman–Crippen MR) is 102 cm³/mol. The van der Waals surface area contributed by atoms with Gasteiger partial charge in [0, 0.05) is 31.0 Å². The number of halogens is 3. The van der Waals surface area contributed by atoms with Crippen molar-refractivity contribution in [1.82, 2.24) is 15.0 Å². The third-order valence-electron chi connectivity index (χ3n) is 5.27. The van der Waals surface area contributed by atoms with Crippen molar-refractivity contribution in [2.75, 3.05) is 13.1 Å². The molecule has 158 valence electrons. The summed E-state index contributed by atoms with van der Waals surface area (Å²) in [7, 11) is 0. The van der Waals surface area contributed by atoms with E-state index in [2.05, 4.69) is 43.0 Å². The van der Waals surface area contributed by atoms with Crippen molar-refractivity contribution < 1.29 is 22.5 Å². The molecule has 0 atom stereocenters. The monoisotopic (exact) mass is 409 g/mol. The van der Waals surface area contributed by atoms with E-state index in [9.17, 15) is 18.0 Å². The second kappa shape index (κ2) is 8.16. The fourth-order valence-electron chi connectivity index (χ4n) is 3.42. The smallest absolute Gasteiger partial charge is 0.343 e. The van der Waals surface area contributed by atoms with Gasteiger partial charge in [-0.15, -0.1) is 0 Å². The molecule has 0 spiro atoms. The van der Waals surface area contributed by atoms with Crippen molar-refractivity contribution in [1.29, 1.82) is 0 Å². The van der Waals surface area contributed by atoms with Crippen LogP contribution >= 0.6 is 0 Å². The van der Waals surface area contributed by atoms with E-state index in [1.807, 2.05) is 12.1 Å². The van der Waals surface area contributed by atoms with Crippen molar-refractivity contribution >= 4 is 5.91 Å². The van der Waals surface area contributed by atoms with Gasteiger partial charge in [0.05, 0.1) is 6.42 Å². The summed E-state index contributed by atoms with van der Waals surface area (Å²) in [4.78, 5) is 17.9. The molecule has 1 saturated heterocycles. The van der Waals surface area contributed by atoms with E-state index in [-0.39, 0.29) is 11.3 Å². The van der Waals surface area contributed by atoms with Gasteiger partial charge in [-0.3, -0.25) is 4.79 Å². The SMILES string of the molecule is CC(C)(C)c1ccc(-c2noc(C3CCN(C(=O)CCC(F)(F)F)CC3)n2)cc1. The van der Waals surface area contributed by atoms with E-state index in [4.69, 9.17) is 4.52 Å². The quantitative estimate of drug-likeness (QED) is 0.706. The number of carbonyl (C=O) groups is 1. The van der Waals surface area contributed by atoms with Gasteiger partial charge >= 0.3 is 6.18 Å². The largest absolute Gasteiger partial charge is 0.389 e. The molecule has 1 aromatic heterocycles. The van der Waals surface area contributed by atoms with Crippen LogP contribution in [0.4, 0.5) is 13.2 Å². The van der Waals surface area contributed by atoms with Crippen LogP contribution in [0, 0.1) is 0 Å². The van der Waals surface area contributed by atoms with Crippen molar-refractivity contribution in [2.45, 2.75) is 64.0 Å². The zero-order valence-electron chi connectivity index (χ0n) is 16.9. The number of hydrogen-bond donors (Lipinski definition) is 0. The van der Waals surface area contributed by atoms with Gasteiger partial charge in [0.1, 0.15) is 0 Å². The third kappa shape index (κ3) is 5.58. The van der Waals surface area contributed by atoms with Gasteiger partial charge in [0.25, 0.3) is 0 Å². The molecule has 8 heteroatoms. The minimum atomic E-state index is -4.31. The molecule has 0 unspecified atom stereocenters. The fraction of sp³-hybridized carbons (Fsp3) is 0.571. The van der Waals surface area contributed by atoms with Gasteiger partial charge < -0.3 is 9.42 Å². The van der Waals surface area contributed by atoms with E-state index in [1.54, 1.807) is 0 Å². The average molecular weight is 409 g/mol. The second-order valence-electron chi connectivity index (χ2n) is 8.55. The van der Waals surface area contributed by atoms with Crippen LogP contribution in [0.2, 0.25) is 0 Å². The topological polar surface area (TPSA) is 59.2 Å². The van der Waals surface area contributed by atoms with Gasteiger partial charge in [-0.25, -0.2) is 0 Å². The van der Waals surface area contributed by atoms with E-state index < -0.39 is 24.9 Å². The molecule has 29 heavy (non-hydrogen) atoms. The Morgan fingerprint density at radius 1 is 1.14 bits per heavy atom. The van der Waals surface area contributed by atoms with Crippen LogP contribution in [0.5, 0.6) is 0 Å². The summed E-state index contributed by atoms with van der Waals surface area (Å²) in [5.74, 6) is 0.592. The molecule has 0 bridgehead atoms. The standard InChI is InChI=1S/C21H26F3N3O2/c1-20(2,3)16-6-4-14(5-7-16)18-25-19(29-26-18)15-9-12-27(13-10-15)17(28)8-11-21(22,23)24/h4-7,15H,8-13H2,1-3H3. The van der Waals surface area contributed by atoms with E-state index in [0.717, 1.165) is 5.56 Å². The van der Waals surface area contributed by atoms with Gasteiger partial charge in [-0.2, -0.15) is 18.2 Å². The van der Waals surface area contributed by atoms with E-state index >= 15 is 0 Å². The molecule has 1 fully saturated rings. The van der Waals surface area contributed by atoms with Crippen molar-refractivity contribution in [3.05, 3.63) is 35.7 Å². The van der Waals surface area contributed by atoms with E-state index in [0.29, 0.717) is 37.6 Å². The zero-order chi connectivity index (χ0) is 21.2. The van der Waals surface area contributed by atoms with Gasteiger partial charge in [-0.05, 0) is 23.8 Å². The van der Waals surface area contributed by atoms with Crippen LogP contribution in [-0.4, -0.2) is 40.2 Å². The van der Waals surface area contributed by atoms with Crippen LogP contribution in [0.1, 0.15) is 63.8 Å². The Balaban J connectivity index is 1.57. The molecule has 0 radical (unpaired) electrons. The molecule has 5 nitrogen and oxygen atoms in total. The first kappa shape index (κ1) is 21.3. The summed E-state index contributed by atoms with van der Waals surface area (Å²) < 4.78 is 42.3. The number of piperidine rings is 1. The number of aromatic nitrogens is 2.